The Balaban J connectivity index is 2.53. The smallest absolute Gasteiger partial charge is 0.239 e. The van der Waals surface area contributed by atoms with Crippen LogP contribution in [-0.4, -0.2) is 31.5 Å². The summed E-state index contributed by atoms with van der Waals surface area (Å²) in [5.74, 6) is 0.568. The standard InChI is InChI=1S/C14H21ClN4O/c1-3-16-13(20)10-19-14(17-4-2)18-9-11-5-7-12(15)8-6-11/h5-8H,3-4,9-10H2,1-2H3,(H,16,20)(H2,17,18,19). The number of nitrogens with zero attached hydrogens (tertiary/aromatic N) is 1. The highest BCUT2D eigenvalue weighted by Crippen LogP contribution is 2.09. The average molecular weight is 297 g/mol. The number of nitrogens with one attached hydrogen (secondary N) is 3. The van der Waals surface area contributed by atoms with Crippen LogP contribution in [0.15, 0.2) is 29.3 Å². The summed E-state index contributed by atoms with van der Waals surface area (Å²) < 4.78 is 0. The van der Waals surface area contributed by atoms with E-state index in [1.165, 1.54) is 0 Å². The normalized spacial score (nSPS) is 11.1. The van der Waals surface area contributed by atoms with E-state index < -0.39 is 0 Å². The maximum Gasteiger partial charge on any atom is 0.239 e. The monoisotopic (exact) mass is 296 g/mol. The van der Waals surface area contributed by atoms with Gasteiger partial charge in [-0.15, -0.1) is 0 Å². The van der Waals surface area contributed by atoms with Crippen LogP contribution in [0.5, 0.6) is 0 Å². The van der Waals surface area contributed by atoms with Crippen molar-refractivity contribution < 1.29 is 4.79 Å². The Kier molecular flexibility index (Phi) is 7.50. The van der Waals surface area contributed by atoms with Crippen LogP contribution in [-0.2, 0) is 11.3 Å². The first kappa shape index (κ1) is 16.3. The number of carbonyl (C=O) groups excluding carboxylic acids is 1. The van der Waals surface area contributed by atoms with E-state index in [-0.39, 0.29) is 12.5 Å². The van der Waals surface area contributed by atoms with Crippen molar-refractivity contribution >= 4 is 23.5 Å². The third-order valence-electron chi connectivity index (χ3n) is 2.47. The third kappa shape index (κ3) is 6.43. The zero-order chi connectivity index (χ0) is 14.8. The van der Waals surface area contributed by atoms with Crippen LogP contribution in [0, 0.1) is 0 Å². The number of hydrogen-bond acceptors (Lipinski definition) is 2. The van der Waals surface area contributed by atoms with Gasteiger partial charge in [0.25, 0.3) is 0 Å². The van der Waals surface area contributed by atoms with E-state index in [2.05, 4.69) is 20.9 Å². The van der Waals surface area contributed by atoms with E-state index in [1.54, 1.807) is 0 Å². The fourth-order valence-electron chi connectivity index (χ4n) is 1.53. The molecule has 1 aromatic rings. The van der Waals surface area contributed by atoms with Gasteiger partial charge in [0, 0.05) is 18.1 Å². The van der Waals surface area contributed by atoms with Crippen molar-refractivity contribution in [2.24, 2.45) is 4.99 Å². The maximum absolute atomic E-state index is 11.4. The lowest BCUT2D eigenvalue weighted by Gasteiger charge is -2.11. The molecule has 0 aromatic heterocycles. The molecule has 110 valence electrons. The van der Waals surface area contributed by atoms with Crippen molar-refractivity contribution in [2.75, 3.05) is 19.6 Å². The van der Waals surface area contributed by atoms with Gasteiger partial charge in [-0.25, -0.2) is 4.99 Å². The Morgan fingerprint density at radius 3 is 2.35 bits per heavy atom. The van der Waals surface area contributed by atoms with Crippen LogP contribution < -0.4 is 16.0 Å². The lowest BCUT2D eigenvalue weighted by Crippen LogP contribution is -2.43. The second-order valence-electron chi connectivity index (χ2n) is 4.13. The van der Waals surface area contributed by atoms with Crippen molar-refractivity contribution in [1.82, 2.24) is 16.0 Å². The van der Waals surface area contributed by atoms with Crippen molar-refractivity contribution in [1.29, 1.82) is 0 Å². The lowest BCUT2D eigenvalue weighted by molar-refractivity contribution is -0.119. The Morgan fingerprint density at radius 2 is 1.75 bits per heavy atom. The molecule has 0 unspecified atom stereocenters. The van der Waals surface area contributed by atoms with E-state index in [1.807, 2.05) is 38.1 Å². The average Bonchev–Trinajstić information content (AvgIpc) is 2.44. The molecular formula is C14H21ClN4O. The zero-order valence-corrected chi connectivity index (χ0v) is 12.6. The fourth-order valence-corrected chi connectivity index (χ4v) is 1.65. The Hall–Kier alpha value is -1.75. The second kappa shape index (κ2) is 9.20. The van der Waals surface area contributed by atoms with E-state index in [0.29, 0.717) is 24.1 Å². The molecule has 0 saturated carbocycles. The predicted octanol–water partition coefficient (Wildman–Crippen LogP) is 1.53. The number of likely N-dealkylation sites (N-methyl/N-ethyl adjacent to an activating group) is 1. The fraction of sp³-hybridized carbons (Fsp3) is 0.429. The molecule has 0 spiro atoms. The molecule has 3 N–H and O–H groups in total. The molecule has 0 saturated heterocycles. The Bertz CT molecular complexity index is 445. The van der Waals surface area contributed by atoms with E-state index in [0.717, 1.165) is 12.1 Å². The first-order valence-corrected chi connectivity index (χ1v) is 7.06. The molecule has 1 amide bonds. The Labute approximate surface area is 124 Å². The van der Waals surface area contributed by atoms with Crippen LogP contribution in [0.1, 0.15) is 19.4 Å². The topological polar surface area (TPSA) is 65.5 Å². The molecule has 1 aromatic carbocycles. The van der Waals surface area contributed by atoms with Crippen molar-refractivity contribution in [3.05, 3.63) is 34.9 Å². The summed E-state index contributed by atoms with van der Waals surface area (Å²) in [7, 11) is 0. The highest BCUT2D eigenvalue weighted by atomic mass is 35.5. The van der Waals surface area contributed by atoms with Crippen LogP contribution in [0.3, 0.4) is 0 Å². The summed E-state index contributed by atoms with van der Waals surface area (Å²) in [5, 5.41) is 9.51. The minimum absolute atomic E-state index is 0.0513. The van der Waals surface area contributed by atoms with Gasteiger partial charge in [0.2, 0.25) is 5.91 Å². The van der Waals surface area contributed by atoms with E-state index in [9.17, 15) is 4.79 Å². The molecule has 0 heterocycles. The first-order valence-electron chi connectivity index (χ1n) is 6.69. The van der Waals surface area contributed by atoms with Crippen LogP contribution in [0.25, 0.3) is 0 Å². The van der Waals surface area contributed by atoms with Crippen molar-refractivity contribution in [2.45, 2.75) is 20.4 Å². The van der Waals surface area contributed by atoms with Gasteiger partial charge in [-0.3, -0.25) is 4.79 Å². The summed E-state index contributed by atoms with van der Waals surface area (Å²) >= 11 is 5.83. The number of amides is 1. The minimum Gasteiger partial charge on any atom is -0.357 e. The molecule has 0 aliphatic heterocycles. The summed E-state index contributed by atoms with van der Waals surface area (Å²) in [4.78, 5) is 15.8. The molecule has 0 radical (unpaired) electrons. The summed E-state index contributed by atoms with van der Waals surface area (Å²) in [5.41, 5.74) is 1.06. The molecule has 20 heavy (non-hydrogen) atoms. The molecule has 0 bridgehead atoms. The van der Waals surface area contributed by atoms with E-state index >= 15 is 0 Å². The number of benzene rings is 1. The molecule has 0 aliphatic rings. The number of halogens is 1. The van der Waals surface area contributed by atoms with Gasteiger partial charge in [-0.2, -0.15) is 0 Å². The second-order valence-corrected chi connectivity index (χ2v) is 4.57. The molecule has 0 atom stereocenters. The Morgan fingerprint density at radius 1 is 1.10 bits per heavy atom. The van der Waals surface area contributed by atoms with Gasteiger partial charge in [0.1, 0.15) is 0 Å². The number of aliphatic imine (C=N–C) groups is 1. The van der Waals surface area contributed by atoms with Gasteiger partial charge in [0.05, 0.1) is 13.1 Å². The quantitative estimate of drug-likeness (QED) is 0.551. The summed E-state index contributed by atoms with van der Waals surface area (Å²) in [6.07, 6.45) is 0. The van der Waals surface area contributed by atoms with Crippen LogP contribution in [0.4, 0.5) is 0 Å². The lowest BCUT2D eigenvalue weighted by atomic mass is 10.2. The minimum atomic E-state index is -0.0513. The number of guanidine groups is 1. The third-order valence-corrected chi connectivity index (χ3v) is 2.72. The van der Waals surface area contributed by atoms with Gasteiger partial charge in [-0.1, -0.05) is 23.7 Å². The van der Waals surface area contributed by atoms with Crippen molar-refractivity contribution in [3.8, 4) is 0 Å². The van der Waals surface area contributed by atoms with Crippen molar-refractivity contribution in [3.63, 3.8) is 0 Å². The van der Waals surface area contributed by atoms with Gasteiger partial charge in [-0.05, 0) is 31.5 Å². The summed E-state index contributed by atoms with van der Waals surface area (Å²) in [6.45, 7) is 5.96. The highest BCUT2D eigenvalue weighted by molar-refractivity contribution is 6.30. The number of carbonyl (C=O) groups is 1. The molecule has 0 fully saturated rings. The molecule has 6 heteroatoms. The number of rotatable bonds is 6. The zero-order valence-electron chi connectivity index (χ0n) is 11.9. The maximum atomic E-state index is 11.4. The van der Waals surface area contributed by atoms with Crippen LogP contribution in [0.2, 0.25) is 5.02 Å². The predicted molar refractivity (Wildman–Crippen MR) is 83.0 cm³/mol. The van der Waals surface area contributed by atoms with Gasteiger partial charge < -0.3 is 16.0 Å². The largest absolute Gasteiger partial charge is 0.357 e. The molecular weight excluding hydrogens is 276 g/mol. The van der Waals surface area contributed by atoms with Gasteiger partial charge >= 0.3 is 0 Å². The highest BCUT2D eigenvalue weighted by Gasteiger charge is 2.02. The first-order chi connectivity index (χ1) is 9.65. The SMILES string of the molecule is CCNC(=O)CNC(=NCc1ccc(Cl)cc1)NCC. The summed E-state index contributed by atoms with van der Waals surface area (Å²) in [6, 6.07) is 7.53. The molecule has 5 nitrogen and oxygen atoms in total. The van der Waals surface area contributed by atoms with Crippen LogP contribution >= 0.6 is 11.6 Å². The number of hydrogen-bond donors (Lipinski definition) is 3. The van der Waals surface area contributed by atoms with Gasteiger partial charge in [0.15, 0.2) is 5.96 Å². The molecule has 1 rings (SSSR count). The van der Waals surface area contributed by atoms with E-state index in [4.69, 9.17) is 11.6 Å². The molecule has 0 aliphatic carbocycles.